The number of aromatic nitrogens is 1. The van der Waals surface area contributed by atoms with Gasteiger partial charge in [0.1, 0.15) is 0 Å². The lowest BCUT2D eigenvalue weighted by Gasteiger charge is -2.25. The molecule has 8 nitrogen and oxygen atoms in total. The summed E-state index contributed by atoms with van der Waals surface area (Å²) in [6.45, 7) is 0. The van der Waals surface area contributed by atoms with Crippen LogP contribution in [0.1, 0.15) is 36.0 Å². The Morgan fingerprint density at radius 2 is 1.72 bits per heavy atom. The molecular weight excluding hydrogens is 430 g/mol. The van der Waals surface area contributed by atoms with E-state index in [1.54, 1.807) is 18.2 Å². The number of nitrogens with zero attached hydrogens (tertiary/aromatic N) is 1. The number of aliphatic hydroxyl groups excluding tert-OH is 1. The molecule has 170 valence electrons. The maximum atomic E-state index is 12.9. The van der Waals surface area contributed by atoms with Gasteiger partial charge in [-0.2, -0.15) is 0 Å². The molecule has 0 atom stereocenters. The fraction of sp³-hybridized carbons (Fsp3) is 0.391. The topological polar surface area (TPSA) is 102 Å². The fourth-order valence-corrected chi connectivity index (χ4v) is 4.86. The highest BCUT2D eigenvalue weighted by Crippen LogP contribution is 2.40. The van der Waals surface area contributed by atoms with Gasteiger partial charge in [0.25, 0.3) is 5.91 Å². The first kappa shape index (κ1) is 22.2. The van der Waals surface area contributed by atoms with Gasteiger partial charge in [0.2, 0.25) is 5.75 Å². The van der Waals surface area contributed by atoms with Crippen LogP contribution in [0.3, 0.4) is 0 Å². The molecule has 4 rings (SSSR count). The van der Waals surface area contributed by atoms with Gasteiger partial charge in [0, 0.05) is 29.4 Å². The number of ether oxygens (including phenoxy) is 3. The van der Waals surface area contributed by atoms with Crippen molar-refractivity contribution in [2.24, 2.45) is 0 Å². The molecule has 0 saturated heterocycles. The van der Waals surface area contributed by atoms with Gasteiger partial charge in [0.05, 0.1) is 37.6 Å². The molecule has 1 aliphatic rings. The van der Waals surface area contributed by atoms with Gasteiger partial charge >= 0.3 is 0 Å². The predicted octanol–water partition coefficient (Wildman–Crippen LogP) is 4.29. The Hall–Kier alpha value is -3.04. The van der Waals surface area contributed by atoms with Crippen molar-refractivity contribution in [3.8, 4) is 17.2 Å². The number of thiazole rings is 1. The lowest BCUT2D eigenvalue weighted by molar-refractivity contribution is 0.102. The second-order valence-corrected chi connectivity index (χ2v) is 8.75. The molecular formula is C23H27N3O5S. The van der Waals surface area contributed by atoms with Crippen LogP contribution in [-0.2, 0) is 0 Å². The van der Waals surface area contributed by atoms with E-state index < -0.39 is 0 Å². The van der Waals surface area contributed by atoms with E-state index in [2.05, 4.69) is 15.6 Å². The third-order valence-corrected chi connectivity index (χ3v) is 6.55. The predicted molar refractivity (Wildman–Crippen MR) is 126 cm³/mol. The number of benzene rings is 2. The van der Waals surface area contributed by atoms with E-state index in [0.29, 0.717) is 34.5 Å². The van der Waals surface area contributed by atoms with Gasteiger partial charge in [-0.25, -0.2) is 4.98 Å². The summed E-state index contributed by atoms with van der Waals surface area (Å²) in [5.41, 5.74) is 1.91. The van der Waals surface area contributed by atoms with Gasteiger partial charge < -0.3 is 30.0 Å². The SMILES string of the molecule is COc1cc(NC(=O)c2ccc3nc(NC4CCC(O)CC4)sc3c2)cc(OC)c1OC. The maximum Gasteiger partial charge on any atom is 0.255 e. The zero-order chi connectivity index (χ0) is 22.7. The minimum Gasteiger partial charge on any atom is -0.493 e. The Balaban J connectivity index is 1.50. The Morgan fingerprint density at radius 1 is 1.03 bits per heavy atom. The molecule has 0 bridgehead atoms. The highest BCUT2D eigenvalue weighted by molar-refractivity contribution is 7.22. The molecule has 0 unspecified atom stereocenters. The fourth-order valence-electron chi connectivity index (χ4n) is 3.88. The van der Waals surface area contributed by atoms with Gasteiger partial charge in [-0.05, 0) is 43.9 Å². The van der Waals surface area contributed by atoms with Crippen molar-refractivity contribution >= 4 is 38.3 Å². The quantitative estimate of drug-likeness (QED) is 0.486. The van der Waals surface area contributed by atoms with Crippen molar-refractivity contribution in [2.45, 2.75) is 37.8 Å². The second-order valence-electron chi connectivity index (χ2n) is 7.72. The van der Waals surface area contributed by atoms with E-state index in [1.807, 2.05) is 12.1 Å². The summed E-state index contributed by atoms with van der Waals surface area (Å²) in [6, 6.07) is 9.15. The second kappa shape index (κ2) is 9.62. The molecule has 0 aliphatic heterocycles. The number of hydrogen-bond acceptors (Lipinski definition) is 8. The number of nitrogens with one attached hydrogen (secondary N) is 2. The third-order valence-electron chi connectivity index (χ3n) is 5.60. The number of aliphatic hydroxyl groups is 1. The molecule has 1 heterocycles. The van der Waals surface area contributed by atoms with Crippen molar-refractivity contribution in [1.29, 1.82) is 0 Å². The van der Waals surface area contributed by atoms with E-state index in [0.717, 1.165) is 41.0 Å². The lowest BCUT2D eigenvalue weighted by atomic mass is 9.93. The molecule has 1 fully saturated rings. The van der Waals surface area contributed by atoms with E-state index in [1.165, 1.54) is 32.7 Å². The Labute approximate surface area is 190 Å². The van der Waals surface area contributed by atoms with Gasteiger partial charge in [-0.15, -0.1) is 0 Å². The lowest BCUT2D eigenvalue weighted by Crippen LogP contribution is -2.28. The molecule has 0 radical (unpaired) electrons. The maximum absolute atomic E-state index is 12.9. The normalized spacial score (nSPS) is 18.2. The summed E-state index contributed by atoms with van der Waals surface area (Å²) in [5, 5.41) is 16.9. The van der Waals surface area contributed by atoms with Gasteiger partial charge in [-0.3, -0.25) is 4.79 Å². The van der Waals surface area contributed by atoms with Gasteiger partial charge in [-0.1, -0.05) is 11.3 Å². The Bertz CT molecular complexity index is 1080. The number of amides is 1. The number of anilines is 2. The van der Waals surface area contributed by atoms with Crippen molar-refractivity contribution in [3.05, 3.63) is 35.9 Å². The molecule has 1 aliphatic carbocycles. The van der Waals surface area contributed by atoms with Crippen molar-refractivity contribution in [3.63, 3.8) is 0 Å². The highest BCUT2D eigenvalue weighted by atomic mass is 32.1. The number of rotatable bonds is 7. The van der Waals surface area contributed by atoms with Gasteiger partial charge in [0.15, 0.2) is 16.6 Å². The van der Waals surface area contributed by atoms with Crippen molar-refractivity contribution in [1.82, 2.24) is 4.98 Å². The number of carbonyl (C=O) groups excluding carboxylic acids is 1. The summed E-state index contributed by atoms with van der Waals surface area (Å²) in [6.07, 6.45) is 3.30. The Morgan fingerprint density at radius 3 is 2.34 bits per heavy atom. The molecule has 32 heavy (non-hydrogen) atoms. The largest absolute Gasteiger partial charge is 0.493 e. The molecule has 3 aromatic rings. The van der Waals surface area contributed by atoms with Crippen LogP contribution in [0.25, 0.3) is 10.2 Å². The highest BCUT2D eigenvalue weighted by Gasteiger charge is 2.20. The first-order valence-electron chi connectivity index (χ1n) is 10.5. The Kier molecular flexibility index (Phi) is 6.66. The number of fused-ring (bicyclic) bond motifs is 1. The molecule has 1 saturated carbocycles. The number of methoxy groups -OCH3 is 3. The zero-order valence-electron chi connectivity index (χ0n) is 18.3. The monoisotopic (exact) mass is 457 g/mol. The molecule has 3 N–H and O–H groups in total. The average Bonchev–Trinajstić information content (AvgIpc) is 3.21. The van der Waals surface area contributed by atoms with Crippen LogP contribution in [0.5, 0.6) is 17.2 Å². The van der Waals surface area contributed by atoms with E-state index in [9.17, 15) is 9.90 Å². The summed E-state index contributed by atoms with van der Waals surface area (Å²) >= 11 is 1.53. The first-order chi connectivity index (χ1) is 15.5. The van der Waals surface area contributed by atoms with Crippen LogP contribution in [0.2, 0.25) is 0 Å². The molecule has 1 aromatic heterocycles. The summed E-state index contributed by atoms with van der Waals surface area (Å²) in [7, 11) is 4.59. The van der Waals surface area contributed by atoms with Crippen LogP contribution < -0.4 is 24.8 Å². The van der Waals surface area contributed by atoms with E-state index in [4.69, 9.17) is 14.2 Å². The molecule has 0 spiro atoms. The molecule has 2 aromatic carbocycles. The zero-order valence-corrected chi connectivity index (χ0v) is 19.1. The smallest absolute Gasteiger partial charge is 0.255 e. The summed E-state index contributed by atoms with van der Waals surface area (Å²) in [4.78, 5) is 17.5. The average molecular weight is 458 g/mol. The van der Waals surface area contributed by atoms with Crippen molar-refractivity contribution in [2.75, 3.05) is 32.0 Å². The molecule has 9 heteroatoms. The van der Waals surface area contributed by atoms with E-state index in [-0.39, 0.29) is 12.0 Å². The van der Waals surface area contributed by atoms with Crippen LogP contribution in [0.15, 0.2) is 30.3 Å². The van der Waals surface area contributed by atoms with Crippen LogP contribution in [0.4, 0.5) is 10.8 Å². The van der Waals surface area contributed by atoms with E-state index >= 15 is 0 Å². The number of carbonyl (C=O) groups is 1. The molecule has 1 amide bonds. The van der Waals surface area contributed by atoms with Crippen LogP contribution in [-0.4, -0.2) is 49.5 Å². The van der Waals surface area contributed by atoms with Crippen molar-refractivity contribution < 1.29 is 24.1 Å². The third kappa shape index (κ3) is 4.73. The number of hydrogen-bond donors (Lipinski definition) is 3. The van der Waals surface area contributed by atoms with Crippen LogP contribution >= 0.6 is 11.3 Å². The van der Waals surface area contributed by atoms with Crippen LogP contribution in [0, 0.1) is 0 Å². The summed E-state index contributed by atoms with van der Waals surface area (Å²) < 4.78 is 17.0. The minimum absolute atomic E-state index is 0.185. The minimum atomic E-state index is -0.245. The standard InChI is InChI=1S/C23H27N3O5S/c1-29-18-11-15(12-19(30-2)21(18)31-3)24-22(28)13-4-9-17-20(10-13)32-23(26-17)25-14-5-7-16(27)8-6-14/h4,9-12,14,16,27H,5-8H2,1-3H3,(H,24,28)(H,25,26). The summed E-state index contributed by atoms with van der Waals surface area (Å²) in [5.74, 6) is 1.15. The first-order valence-corrected chi connectivity index (χ1v) is 11.3.